The lowest BCUT2D eigenvalue weighted by Gasteiger charge is -2.03. The quantitative estimate of drug-likeness (QED) is 0.675. The van der Waals surface area contributed by atoms with Gasteiger partial charge in [0.25, 0.3) is 0 Å². The van der Waals surface area contributed by atoms with Gasteiger partial charge in [0.1, 0.15) is 0 Å². The molecule has 0 fully saturated rings. The number of amides is 2. The third kappa shape index (κ3) is 2.82. The molecule has 3 aromatic rings. The van der Waals surface area contributed by atoms with E-state index in [0.29, 0.717) is 22.2 Å². The number of hydrogen-bond acceptors (Lipinski definition) is 4. The smallest absolute Gasteiger partial charge is 0.366 e. The van der Waals surface area contributed by atoms with Crippen LogP contribution in [0.5, 0.6) is 0 Å². The number of aryl methyl sites for hydroxylation is 1. The first-order valence-corrected chi connectivity index (χ1v) is 10.4. The Morgan fingerprint density at radius 2 is 1.93 bits per heavy atom. The molecule has 0 saturated carbocycles. The molecule has 1 aliphatic heterocycles. The van der Waals surface area contributed by atoms with Gasteiger partial charge < -0.3 is 10.3 Å². The first kappa shape index (κ1) is 18.1. The van der Waals surface area contributed by atoms with E-state index in [4.69, 9.17) is 5.73 Å². The van der Waals surface area contributed by atoms with Gasteiger partial charge in [-0.2, -0.15) is 4.58 Å². The van der Waals surface area contributed by atoms with Gasteiger partial charge in [-0.05, 0) is 30.3 Å². The Balaban J connectivity index is 1.80. The fourth-order valence-electron chi connectivity index (χ4n) is 3.56. The fraction of sp³-hybridized carbons (Fsp3) is 0.150. The highest BCUT2D eigenvalue weighted by atomic mass is 32.2. The van der Waals surface area contributed by atoms with Crippen LogP contribution in [0.1, 0.15) is 32.0 Å². The van der Waals surface area contributed by atoms with Crippen molar-refractivity contribution in [2.45, 2.75) is 11.4 Å². The van der Waals surface area contributed by atoms with E-state index in [1.54, 1.807) is 58.8 Å². The zero-order chi connectivity index (χ0) is 20.2. The third-order valence-corrected chi connectivity index (χ3v) is 6.06. The van der Waals surface area contributed by atoms with Gasteiger partial charge in [-0.3, -0.25) is 4.79 Å². The van der Waals surface area contributed by atoms with Crippen molar-refractivity contribution in [3.8, 4) is 0 Å². The molecule has 4 rings (SSSR count). The van der Waals surface area contributed by atoms with Crippen molar-refractivity contribution in [3.63, 3.8) is 0 Å². The minimum atomic E-state index is -3.36. The van der Waals surface area contributed by atoms with Crippen molar-refractivity contribution in [2.24, 2.45) is 12.8 Å². The third-order valence-electron chi connectivity index (χ3n) is 4.95. The average molecular weight is 396 g/mol. The number of primary amides is 1. The van der Waals surface area contributed by atoms with Crippen molar-refractivity contribution in [3.05, 3.63) is 64.8 Å². The highest BCUT2D eigenvalue weighted by Crippen LogP contribution is 2.30. The molecule has 0 radical (unpaired) electrons. The van der Waals surface area contributed by atoms with Gasteiger partial charge in [0.05, 0.1) is 10.5 Å². The Morgan fingerprint density at radius 1 is 1.18 bits per heavy atom. The van der Waals surface area contributed by atoms with Crippen LogP contribution in [-0.4, -0.2) is 41.8 Å². The molecule has 2 amide bonds. The van der Waals surface area contributed by atoms with E-state index in [9.17, 15) is 18.0 Å². The van der Waals surface area contributed by atoms with Crippen LogP contribution in [0.2, 0.25) is 0 Å². The van der Waals surface area contributed by atoms with Crippen LogP contribution in [0, 0.1) is 0 Å². The molecule has 2 heterocycles. The van der Waals surface area contributed by atoms with Gasteiger partial charge in [0.2, 0.25) is 5.91 Å². The van der Waals surface area contributed by atoms with Crippen LogP contribution in [0.4, 0.5) is 0 Å². The van der Waals surface area contributed by atoms with Gasteiger partial charge in [0, 0.05) is 35.3 Å². The fourth-order valence-corrected chi connectivity index (χ4v) is 4.21. The lowest BCUT2D eigenvalue weighted by atomic mass is 10.1. The predicted octanol–water partition coefficient (Wildman–Crippen LogP) is 1.47. The van der Waals surface area contributed by atoms with Crippen molar-refractivity contribution >= 4 is 38.8 Å². The summed E-state index contributed by atoms with van der Waals surface area (Å²) in [7, 11) is -1.57. The lowest BCUT2D eigenvalue weighted by molar-refractivity contribution is -0.437. The Hall–Kier alpha value is -3.26. The van der Waals surface area contributed by atoms with Crippen LogP contribution in [0.25, 0.3) is 10.9 Å². The van der Waals surface area contributed by atoms with E-state index in [-0.39, 0.29) is 17.3 Å². The number of rotatable bonds is 4. The Morgan fingerprint density at radius 3 is 2.61 bits per heavy atom. The van der Waals surface area contributed by atoms with E-state index in [0.717, 1.165) is 17.3 Å². The molecule has 2 aromatic carbocycles. The van der Waals surface area contributed by atoms with Gasteiger partial charge in [0.15, 0.2) is 28.3 Å². The molecular weight excluding hydrogens is 378 g/mol. The second-order valence-corrected chi connectivity index (χ2v) is 8.91. The summed E-state index contributed by atoms with van der Waals surface area (Å²) in [5.41, 5.74) is 8.46. The van der Waals surface area contributed by atoms with Crippen molar-refractivity contribution < 1.29 is 22.6 Å². The van der Waals surface area contributed by atoms with E-state index >= 15 is 0 Å². The summed E-state index contributed by atoms with van der Waals surface area (Å²) < 4.78 is 27.1. The van der Waals surface area contributed by atoms with Crippen LogP contribution < -0.4 is 5.73 Å². The number of aromatic nitrogens is 1. The van der Waals surface area contributed by atoms with Gasteiger partial charge >= 0.3 is 5.91 Å². The Labute approximate surface area is 161 Å². The largest absolute Gasteiger partial charge is 0.437 e. The van der Waals surface area contributed by atoms with Gasteiger partial charge in [-0.1, -0.05) is 12.1 Å². The number of sulfone groups is 1. The van der Waals surface area contributed by atoms with Crippen LogP contribution >= 0.6 is 0 Å². The number of nitrogens with two attached hydrogens (primary N) is 1. The molecule has 1 aromatic heterocycles. The summed E-state index contributed by atoms with van der Waals surface area (Å²) >= 11 is 0. The van der Waals surface area contributed by atoms with Crippen molar-refractivity contribution in [1.29, 1.82) is 0 Å². The molecule has 0 bridgehead atoms. The average Bonchev–Trinajstić information content (AvgIpc) is 3.10. The highest BCUT2D eigenvalue weighted by molar-refractivity contribution is 7.90. The van der Waals surface area contributed by atoms with Crippen LogP contribution in [0.3, 0.4) is 0 Å². The number of nitrogens with zero attached hydrogens (tertiary/aromatic N) is 2. The molecule has 0 atom stereocenters. The molecule has 28 heavy (non-hydrogen) atoms. The van der Waals surface area contributed by atoms with E-state index < -0.39 is 15.7 Å². The van der Waals surface area contributed by atoms with E-state index in [1.165, 1.54) is 0 Å². The maximum Gasteiger partial charge on any atom is 0.437 e. The Kier molecular flexibility index (Phi) is 3.97. The minimum absolute atomic E-state index is 0.181. The van der Waals surface area contributed by atoms with Gasteiger partial charge in [-0.15, -0.1) is 0 Å². The molecule has 2 N–H and O–H groups in total. The predicted molar refractivity (Wildman–Crippen MR) is 104 cm³/mol. The summed E-state index contributed by atoms with van der Waals surface area (Å²) in [5, 5.41) is 0.710. The maximum absolute atomic E-state index is 13.0. The number of carbonyl (C=O) groups excluding carboxylic acids is 2. The first-order valence-electron chi connectivity index (χ1n) is 8.54. The van der Waals surface area contributed by atoms with E-state index in [2.05, 4.69) is 0 Å². The van der Waals surface area contributed by atoms with Crippen molar-refractivity contribution in [1.82, 2.24) is 4.57 Å². The maximum atomic E-state index is 13.0. The summed E-state index contributed by atoms with van der Waals surface area (Å²) in [6, 6.07) is 11.7. The second kappa shape index (κ2) is 6.13. The molecular formula is C20H18N3O4S+. The molecule has 142 valence electrons. The normalized spacial score (nSPS) is 13.6. The Bertz CT molecular complexity index is 1320. The first-order chi connectivity index (χ1) is 13.2. The molecule has 0 spiro atoms. The number of benzene rings is 2. The molecule has 0 unspecified atom stereocenters. The standard InChI is InChI=1S/C20H17N3O4S/c1-22-17-7-6-14(28(2,26)27)9-15(17)16-11-23(20(25)18(16)22)10-12-4-3-5-13(8-12)19(21)24/h3-9,11H,10H2,1-2H3,(H-,21,24)/p+1. The summed E-state index contributed by atoms with van der Waals surface area (Å²) in [6.45, 7) is 0.280. The van der Waals surface area contributed by atoms with Crippen LogP contribution in [-0.2, 0) is 23.4 Å². The topological polar surface area (TPSA) is 102 Å². The van der Waals surface area contributed by atoms with E-state index in [1.807, 2.05) is 6.07 Å². The SMILES string of the molecule is Cn1c2c(c3cc(S(C)(=O)=O)ccc31)C=[N+](Cc1cccc(C(N)=O)c1)C2=O. The number of fused-ring (bicyclic) bond motifs is 3. The molecule has 8 heteroatoms. The monoisotopic (exact) mass is 396 g/mol. The zero-order valence-electron chi connectivity index (χ0n) is 15.3. The number of hydrogen-bond donors (Lipinski definition) is 1. The molecule has 7 nitrogen and oxygen atoms in total. The molecule has 1 aliphatic rings. The number of carbonyl (C=O) groups is 2. The zero-order valence-corrected chi connectivity index (χ0v) is 16.2. The summed E-state index contributed by atoms with van der Waals surface area (Å²) in [4.78, 5) is 24.5. The van der Waals surface area contributed by atoms with Crippen molar-refractivity contribution in [2.75, 3.05) is 6.26 Å². The van der Waals surface area contributed by atoms with Gasteiger partial charge in [-0.25, -0.2) is 13.2 Å². The second-order valence-electron chi connectivity index (χ2n) is 6.90. The highest BCUT2D eigenvalue weighted by Gasteiger charge is 2.36. The lowest BCUT2D eigenvalue weighted by Crippen LogP contribution is -2.19. The summed E-state index contributed by atoms with van der Waals surface area (Å²) in [6.07, 6.45) is 2.88. The molecule has 0 saturated heterocycles. The summed E-state index contributed by atoms with van der Waals surface area (Å²) in [5.74, 6) is -0.708. The minimum Gasteiger partial charge on any atom is -0.366 e. The molecule has 0 aliphatic carbocycles. The van der Waals surface area contributed by atoms with Crippen LogP contribution in [0.15, 0.2) is 47.4 Å².